The van der Waals surface area contributed by atoms with Crippen LogP contribution < -0.4 is 11.1 Å². The van der Waals surface area contributed by atoms with Gasteiger partial charge in [-0.25, -0.2) is 0 Å². The topological polar surface area (TPSA) is 109 Å². The largest absolute Gasteiger partial charge is 0.466 e. The summed E-state index contributed by atoms with van der Waals surface area (Å²) in [6.07, 6.45) is 0.171. The molecular formula is C26H32N4O3. The average molecular weight is 449 g/mol. The molecule has 7 heteroatoms. The number of amides is 1. The number of hydrogen-bond donors (Lipinski definition) is 3. The van der Waals surface area contributed by atoms with Crippen molar-refractivity contribution in [2.45, 2.75) is 40.2 Å². The number of anilines is 1. The van der Waals surface area contributed by atoms with Gasteiger partial charge in [-0.3, -0.25) is 15.0 Å². The van der Waals surface area contributed by atoms with Gasteiger partial charge >= 0.3 is 5.97 Å². The van der Waals surface area contributed by atoms with Crippen LogP contribution in [0.1, 0.15) is 54.2 Å². The predicted octanol–water partition coefficient (Wildman–Crippen LogP) is 3.55. The van der Waals surface area contributed by atoms with Crippen molar-refractivity contribution in [2.24, 2.45) is 5.73 Å². The molecule has 0 spiro atoms. The Labute approximate surface area is 195 Å². The lowest BCUT2D eigenvalue weighted by Gasteiger charge is -2.27. The minimum Gasteiger partial charge on any atom is -0.466 e. The van der Waals surface area contributed by atoms with Gasteiger partial charge in [0.25, 0.3) is 5.91 Å². The van der Waals surface area contributed by atoms with Crippen molar-refractivity contribution in [3.05, 3.63) is 64.7 Å². The van der Waals surface area contributed by atoms with Gasteiger partial charge in [-0.15, -0.1) is 0 Å². The minimum atomic E-state index is -0.304. The van der Waals surface area contributed by atoms with Gasteiger partial charge in [0.05, 0.1) is 19.6 Å². The molecule has 0 unspecified atom stereocenters. The summed E-state index contributed by atoms with van der Waals surface area (Å²) >= 11 is 0. The maximum absolute atomic E-state index is 13.1. The van der Waals surface area contributed by atoms with E-state index in [0.29, 0.717) is 30.8 Å². The van der Waals surface area contributed by atoms with Crippen LogP contribution in [0.25, 0.3) is 0 Å². The highest BCUT2D eigenvalue weighted by Crippen LogP contribution is 2.16. The first kappa shape index (κ1) is 25.5. The molecule has 0 aliphatic carbocycles. The number of nitrogens with zero attached hydrogens (tertiary/aromatic N) is 1. The Kier molecular flexibility index (Phi) is 9.49. The molecule has 4 N–H and O–H groups in total. The van der Waals surface area contributed by atoms with E-state index in [1.807, 2.05) is 45.0 Å². The Balaban J connectivity index is 2.01. The molecule has 7 nitrogen and oxygen atoms in total. The second-order valence-corrected chi connectivity index (χ2v) is 7.82. The average Bonchev–Trinajstić information content (AvgIpc) is 2.77. The summed E-state index contributed by atoms with van der Waals surface area (Å²) in [6, 6.07) is 12.7. The van der Waals surface area contributed by atoms with E-state index in [1.165, 1.54) is 0 Å². The Morgan fingerprint density at radius 2 is 1.88 bits per heavy atom. The monoisotopic (exact) mass is 448 g/mol. The number of benzene rings is 2. The molecule has 0 radical (unpaired) electrons. The molecule has 174 valence electrons. The number of carbonyl (C=O) groups is 2. The van der Waals surface area contributed by atoms with Gasteiger partial charge in [0.15, 0.2) is 0 Å². The summed E-state index contributed by atoms with van der Waals surface area (Å²) in [5, 5.41) is 10.6. The van der Waals surface area contributed by atoms with Gasteiger partial charge in [0.2, 0.25) is 0 Å². The first-order valence-electron chi connectivity index (χ1n) is 11.0. The molecule has 2 aromatic carbocycles. The number of nitrogen functional groups attached to an aromatic ring is 1. The lowest BCUT2D eigenvalue weighted by atomic mass is 10.0. The van der Waals surface area contributed by atoms with Crippen LogP contribution in [-0.2, 0) is 9.53 Å². The van der Waals surface area contributed by atoms with E-state index in [9.17, 15) is 9.59 Å². The first-order chi connectivity index (χ1) is 15.7. The van der Waals surface area contributed by atoms with Gasteiger partial charge in [-0.05, 0) is 75.7 Å². The van der Waals surface area contributed by atoms with Crippen molar-refractivity contribution in [1.29, 1.82) is 5.41 Å². The maximum atomic E-state index is 13.1. The van der Waals surface area contributed by atoms with E-state index in [0.717, 1.165) is 16.8 Å². The SMILES string of the molecule is CCOC(=O)CCN(C(=O)c1ccc(C#CCNc2ccc(C(=N)N)cc2)cc1C)C(C)C. The summed E-state index contributed by atoms with van der Waals surface area (Å²) in [4.78, 5) is 26.5. The highest BCUT2D eigenvalue weighted by molar-refractivity contribution is 5.96. The second-order valence-electron chi connectivity index (χ2n) is 7.82. The number of amidine groups is 1. The molecule has 2 aromatic rings. The fourth-order valence-electron chi connectivity index (χ4n) is 3.24. The zero-order valence-corrected chi connectivity index (χ0v) is 19.7. The summed E-state index contributed by atoms with van der Waals surface area (Å²) in [7, 11) is 0. The molecule has 0 aliphatic heterocycles. The maximum Gasteiger partial charge on any atom is 0.307 e. The first-order valence-corrected chi connectivity index (χ1v) is 11.0. The van der Waals surface area contributed by atoms with Crippen molar-refractivity contribution in [2.75, 3.05) is 25.0 Å². The lowest BCUT2D eigenvalue weighted by Crippen LogP contribution is -2.39. The molecule has 0 aliphatic rings. The third-order valence-corrected chi connectivity index (χ3v) is 5.01. The molecule has 1 amide bonds. The molecule has 2 rings (SSSR count). The van der Waals surface area contributed by atoms with Gasteiger partial charge in [-0.1, -0.05) is 11.8 Å². The van der Waals surface area contributed by atoms with Crippen LogP contribution in [0.4, 0.5) is 5.69 Å². The van der Waals surface area contributed by atoms with Crippen LogP contribution >= 0.6 is 0 Å². The number of aryl methyl sites for hydroxylation is 1. The molecule has 0 heterocycles. The molecule has 0 saturated heterocycles. The van der Waals surface area contributed by atoms with Crippen LogP contribution in [-0.4, -0.2) is 48.4 Å². The summed E-state index contributed by atoms with van der Waals surface area (Å²) in [5.74, 6) is 5.80. The second kappa shape index (κ2) is 12.3. The number of rotatable bonds is 9. The van der Waals surface area contributed by atoms with E-state index >= 15 is 0 Å². The number of carbonyl (C=O) groups excluding carboxylic acids is 2. The normalized spacial score (nSPS) is 10.2. The van der Waals surface area contributed by atoms with E-state index in [-0.39, 0.29) is 30.2 Å². The van der Waals surface area contributed by atoms with E-state index in [4.69, 9.17) is 15.9 Å². The quantitative estimate of drug-likeness (QED) is 0.235. The van der Waals surface area contributed by atoms with E-state index in [1.54, 1.807) is 30.0 Å². The smallest absolute Gasteiger partial charge is 0.307 e. The van der Waals surface area contributed by atoms with Gasteiger partial charge < -0.3 is 20.7 Å². The Bertz CT molecular complexity index is 1050. The minimum absolute atomic E-state index is 0.0363. The van der Waals surface area contributed by atoms with Crippen LogP contribution in [0, 0.1) is 24.2 Å². The highest BCUT2D eigenvalue weighted by Gasteiger charge is 2.21. The Hall–Kier alpha value is -3.79. The molecule has 0 bridgehead atoms. The number of ether oxygens (including phenoxy) is 1. The van der Waals surface area contributed by atoms with Crippen LogP contribution in [0.3, 0.4) is 0 Å². The Morgan fingerprint density at radius 3 is 2.45 bits per heavy atom. The highest BCUT2D eigenvalue weighted by atomic mass is 16.5. The fourth-order valence-corrected chi connectivity index (χ4v) is 3.24. The standard InChI is InChI=1S/C26H32N4O3/c1-5-33-24(31)14-16-30(18(2)3)26(32)23-13-8-20(17-19(23)4)7-6-15-29-22-11-9-21(10-12-22)25(27)28/h8-13,17-18,29H,5,14-16H2,1-4H3,(H3,27,28). The van der Waals surface area contributed by atoms with Gasteiger partial charge in [-0.2, -0.15) is 0 Å². The molecule has 0 aromatic heterocycles. The zero-order chi connectivity index (χ0) is 24.4. The summed E-state index contributed by atoms with van der Waals surface area (Å²) in [5.41, 5.74) is 9.28. The molecule has 33 heavy (non-hydrogen) atoms. The molecular weight excluding hydrogens is 416 g/mol. The zero-order valence-electron chi connectivity index (χ0n) is 19.7. The van der Waals surface area contributed by atoms with Crippen LogP contribution in [0.5, 0.6) is 0 Å². The number of esters is 1. The van der Waals surface area contributed by atoms with Crippen molar-refractivity contribution in [1.82, 2.24) is 4.90 Å². The number of nitrogens with two attached hydrogens (primary N) is 1. The van der Waals surface area contributed by atoms with Crippen LogP contribution in [0.15, 0.2) is 42.5 Å². The molecule has 0 fully saturated rings. The van der Waals surface area contributed by atoms with Crippen molar-refractivity contribution < 1.29 is 14.3 Å². The third kappa shape index (κ3) is 7.69. The van der Waals surface area contributed by atoms with Crippen LogP contribution in [0.2, 0.25) is 0 Å². The number of hydrogen-bond acceptors (Lipinski definition) is 5. The summed E-state index contributed by atoms with van der Waals surface area (Å²) in [6.45, 7) is 8.61. The van der Waals surface area contributed by atoms with Crippen molar-refractivity contribution in [3.8, 4) is 11.8 Å². The van der Waals surface area contributed by atoms with Gasteiger partial charge in [0, 0.05) is 35.0 Å². The van der Waals surface area contributed by atoms with E-state index < -0.39 is 0 Å². The van der Waals surface area contributed by atoms with Gasteiger partial charge in [0.1, 0.15) is 5.84 Å². The summed E-state index contributed by atoms with van der Waals surface area (Å²) < 4.78 is 4.98. The fraction of sp³-hybridized carbons (Fsp3) is 0.346. The predicted molar refractivity (Wildman–Crippen MR) is 131 cm³/mol. The lowest BCUT2D eigenvalue weighted by molar-refractivity contribution is -0.143. The third-order valence-electron chi connectivity index (χ3n) is 5.01. The van der Waals surface area contributed by atoms with Crippen molar-refractivity contribution in [3.63, 3.8) is 0 Å². The Morgan fingerprint density at radius 1 is 1.18 bits per heavy atom. The molecule has 0 saturated carbocycles. The molecule has 0 atom stereocenters. The number of nitrogens with one attached hydrogen (secondary N) is 2. The van der Waals surface area contributed by atoms with E-state index in [2.05, 4.69) is 17.2 Å². The van der Waals surface area contributed by atoms with Crippen molar-refractivity contribution >= 4 is 23.4 Å².